The first-order chi connectivity index (χ1) is 10.2. The van der Waals surface area contributed by atoms with Gasteiger partial charge >= 0.3 is 0 Å². The number of hydrogen-bond acceptors (Lipinski definition) is 3. The van der Waals surface area contributed by atoms with Gasteiger partial charge in [-0.2, -0.15) is 5.10 Å². The Hall–Kier alpha value is -2.30. The second kappa shape index (κ2) is 7.47. The van der Waals surface area contributed by atoms with Gasteiger partial charge in [0.15, 0.2) is 5.69 Å². The number of nitrogens with two attached hydrogens (primary N) is 1. The first kappa shape index (κ1) is 15.1. The molecule has 0 unspecified atom stereocenters. The molecule has 0 saturated carbocycles. The number of nitrogen functional groups attached to an aromatic ring is 1. The molecule has 0 bridgehead atoms. The summed E-state index contributed by atoms with van der Waals surface area (Å²) in [5.41, 5.74) is 7.69. The lowest BCUT2D eigenvalue weighted by atomic mass is 10.2. The molecule has 0 fully saturated rings. The van der Waals surface area contributed by atoms with E-state index in [4.69, 9.17) is 5.73 Å². The molecule has 0 saturated heterocycles. The van der Waals surface area contributed by atoms with Crippen LogP contribution in [0.15, 0.2) is 36.5 Å². The monoisotopic (exact) mass is 286 g/mol. The highest BCUT2D eigenvalue weighted by Gasteiger charge is 2.09. The molecule has 0 atom stereocenters. The van der Waals surface area contributed by atoms with Crippen molar-refractivity contribution in [2.24, 2.45) is 0 Å². The van der Waals surface area contributed by atoms with Gasteiger partial charge in [-0.25, -0.2) is 4.68 Å². The van der Waals surface area contributed by atoms with Crippen LogP contribution in [0, 0.1) is 0 Å². The van der Waals surface area contributed by atoms with Gasteiger partial charge in [-0.05, 0) is 30.7 Å². The third-order valence-electron chi connectivity index (χ3n) is 3.27. The van der Waals surface area contributed by atoms with Gasteiger partial charge in [0.2, 0.25) is 0 Å². The Bertz CT molecular complexity index is 591. The average molecular weight is 286 g/mol. The van der Waals surface area contributed by atoms with E-state index in [2.05, 4.69) is 17.3 Å². The van der Waals surface area contributed by atoms with Crippen molar-refractivity contribution in [2.45, 2.75) is 32.6 Å². The first-order valence-electron chi connectivity index (χ1n) is 7.40. The molecule has 112 valence electrons. The molecule has 0 radical (unpaired) electrons. The Kier molecular flexibility index (Phi) is 5.37. The molecule has 1 aromatic carbocycles. The molecule has 1 heterocycles. The summed E-state index contributed by atoms with van der Waals surface area (Å²) in [6.07, 6.45) is 6.32. The van der Waals surface area contributed by atoms with Crippen LogP contribution in [-0.2, 0) is 0 Å². The number of carbonyl (C=O) groups is 1. The van der Waals surface area contributed by atoms with Gasteiger partial charge in [0.1, 0.15) is 0 Å². The fraction of sp³-hybridized carbons (Fsp3) is 0.375. The van der Waals surface area contributed by atoms with Crippen LogP contribution in [0.4, 0.5) is 5.69 Å². The normalized spacial score (nSPS) is 10.5. The number of rotatable bonds is 7. The summed E-state index contributed by atoms with van der Waals surface area (Å²) in [6, 6.07) is 9.11. The van der Waals surface area contributed by atoms with Gasteiger partial charge in [0.05, 0.1) is 5.69 Å². The van der Waals surface area contributed by atoms with Crippen molar-refractivity contribution in [1.82, 2.24) is 15.1 Å². The summed E-state index contributed by atoms with van der Waals surface area (Å²) in [5.74, 6) is -0.130. The van der Waals surface area contributed by atoms with Crippen molar-refractivity contribution >= 4 is 11.6 Å². The minimum atomic E-state index is -0.130. The maximum Gasteiger partial charge on any atom is 0.271 e. The fourth-order valence-electron chi connectivity index (χ4n) is 2.10. The molecule has 21 heavy (non-hydrogen) atoms. The lowest BCUT2D eigenvalue weighted by Crippen LogP contribution is -2.25. The van der Waals surface area contributed by atoms with Crippen LogP contribution in [0.1, 0.15) is 43.1 Å². The van der Waals surface area contributed by atoms with Gasteiger partial charge in [0, 0.05) is 18.4 Å². The third kappa shape index (κ3) is 4.34. The molecule has 0 aliphatic heterocycles. The quantitative estimate of drug-likeness (QED) is 0.607. The second-order valence-corrected chi connectivity index (χ2v) is 5.06. The number of nitrogens with zero attached hydrogens (tertiary/aromatic N) is 2. The van der Waals surface area contributed by atoms with E-state index in [1.165, 1.54) is 12.8 Å². The zero-order valence-corrected chi connectivity index (χ0v) is 12.4. The van der Waals surface area contributed by atoms with Crippen LogP contribution in [-0.4, -0.2) is 22.2 Å². The highest BCUT2D eigenvalue weighted by molar-refractivity contribution is 5.92. The van der Waals surface area contributed by atoms with Crippen LogP contribution in [0.25, 0.3) is 5.69 Å². The predicted molar refractivity (Wildman–Crippen MR) is 84.5 cm³/mol. The Balaban J connectivity index is 1.92. The average Bonchev–Trinajstić information content (AvgIpc) is 2.97. The van der Waals surface area contributed by atoms with E-state index < -0.39 is 0 Å². The molecule has 0 spiro atoms. The Morgan fingerprint density at radius 2 is 2.14 bits per heavy atom. The number of anilines is 1. The lowest BCUT2D eigenvalue weighted by molar-refractivity contribution is 0.0947. The molecule has 0 aliphatic carbocycles. The second-order valence-electron chi connectivity index (χ2n) is 5.06. The highest BCUT2D eigenvalue weighted by atomic mass is 16.1. The van der Waals surface area contributed by atoms with Crippen molar-refractivity contribution in [3.63, 3.8) is 0 Å². The standard InChI is InChI=1S/C16H22N4O/c1-2-3-4-5-10-18-16(21)15-9-11-20(19-15)14-8-6-7-13(17)12-14/h6-9,11-12H,2-5,10,17H2,1H3,(H,18,21). The van der Waals surface area contributed by atoms with Crippen LogP contribution in [0.2, 0.25) is 0 Å². The lowest BCUT2D eigenvalue weighted by Gasteiger charge is -2.03. The van der Waals surface area contributed by atoms with Crippen molar-refractivity contribution in [3.8, 4) is 5.69 Å². The van der Waals surface area contributed by atoms with E-state index >= 15 is 0 Å². The van der Waals surface area contributed by atoms with Crippen molar-refractivity contribution in [1.29, 1.82) is 0 Å². The maximum absolute atomic E-state index is 12.0. The number of carbonyl (C=O) groups excluding carboxylic acids is 1. The van der Waals surface area contributed by atoms with E-state index in [1.807, 2.05) is 24.3 Å². The van der Waals surface area contributed by atoms with E-state index in [0.717, 1.165) is 18.5 Å². The number of aromatic nitrogens is 2. The zero-order valence-electron chi connectivity index (χ0n) is 12.4. The molecule has 5 heteroatoms. The van der Waals surface area contributed by atoms with Gasteiger partial charge in [-0.15, -0.1) is 0 Å². The number of benzene rings is 1. The summed E-state index contributed by atoms with van der Waals surface area (Å²) < 4.78 is 1.66. The molecule has 1 aromatic heterocycles. The molecule has 3 N–H and O–H groups in total. The molecule has 2 rings (SSSR count). The van der Waals surface area contributed by atoms with E-state index in [9.17, 15) is 4.79 Å². The Morgan fingerprint density at radius 1 is 1.29 bits per heavy atom. The zero-order chi connectivity index (χ0) is 15.1. The van der Waals surface area contributed by atoms with Crippen molar-refractivity contribution < 1.29 is 4.79 Å². The summed E-state index contributed by atoms with van der Waals surface area (Å²) in [5, 5.41) is 7.18. The fourth-order valence-corrected chi connectivity index (χ4v) is 2.10. The van der Waals surface area contributed by atoms with Crippen LogP contribution >= 0.6 is 0 Å². The highest BCUT2D eigenvalue weighted by Crippen LogP contribution is 2.11. The first-order valence-corrected chi connectivity index (χ1v) is 7.40. The van der Waals surface area contributed by atoms with Crippen LogP contribution < -0.4 is 11.1 Å². The Labute approximate surface area is 125 Å². The SMILES string of the molecule is CCCCCCNC(=O)c1ccn(-c2cccc(N)c2)n1. The van der Waals surface area contributed by atoms with E-state index in [-0.39, 0.29) is 5.91 Å². The van der Waals surface area contributed by atoms with Crippen molar-refractivity contribution in [2.75, 3.05) is 12.3 Å². The Morgan fingerprint density at radius 3 is 2.90 bits per heavy atom. The number of amides is 1. The predicted octanol–water partition coefficient (Wildman–Crippen LogP) is 2.76. The third-order valence-corrected chi connectivity index (χ3v) is 3.27. The van der Waals surface area contributed by atoms with E-state index in [1.54, 1.807) is 16.9 Å². The summed E-state index contributed by atoms with van der Waals surface area (Å²) >= 11 is 0. The molecule has 2 aromatic rings. The molecular formula is C16H22N4O. The van der Waals surface area contributed by atoms with Gasteiger partial charge in [0.25, 0.3) is 5.91 Å². The van der Waals surface area contributed by atoms with Gasteiger partial charge < -0.3 is 11.1 Å². The minimum Gasteiger partial charge on any atom is -0.399 e. The smallest absolute Gasteiger partial charge is 0.271 e. The molecular weight excluding hydrogens is 264 g/mol. The van der Waals surface area contributed by atoms with Gasteiger partial charge in [-0.1, -0.05) is 32.3 Å². The maximum atomic E-state index is 12.0. The van der Waals surface area contributed by atoms with Gasteiger partial charge in [-0.3, -0.25) is 4.79 Å². The summed E-state index contributed by atoms with van der Waals surface area (Å²) in [6.45, 7) is 2.87. The largest absolute Gasteiger partial charge is 0.399 e. The van der Waals surface area contributed by atoms with Crippen molar-refractivity contribution in [3.05, 3.63) is 42.2 Å². The summed E-state index contributed by atoms with van der Waals surface area (Å²) in [4.78, 5) is 12.0. The molecule has 0 aliphatic rings. The molecule has 1 amide bonds. The van der Waals surface area contributed by atoms with Crippen LogP contribution in [0.5, 0.6) is 0 Å². The van der Waals surface area contributed by atoms with E-state index in [0.29, 0.717) is 17.9 Å². The van der Waals surface area contributed by atoms with Crippen LogP contribution in [0.3, 0.4) is 0 Å². The molecule has 5 nitrogen and oxygen atoms in total. The topological polar surface area (TPSA) is 72.9 Å². The number of nitrogens with one attached hydrogen (secondary N) is 1. The number of unbranched alkanes of at least 4 members (excludes halogenated alkanes) is 3. The number of hydrogen-bond donors (Lipinski definition) is 2. The summed E-state index contributed by atoms with van der Waals surface area (Å²) in [7, 11) is 0. The minimum absolute atomic E-state index is 0.130.